The summed E-state index contributed by atoms with van der Waals surface area (Å²) in [5, 5.41) is 5.30. The van der Waals surface area contributed by atoms with E-state index in [1.165, 1.54) is 6.42 Å². The normalized spacial score (nSPS) is 19.1. The summed E-state index contributed by atoms with van der Waals surface area (Å²) in [6.45, 7) is 7.17. The average molecular weight is 300 g/mol. The quantitative estimate of drug-likeness (QED) is 0.872. The number of amides is 1. The number of likely N-dealkylation sites (tertiary alicyclic amines) is 1. The summed E-state index contributed by atoms with van der Waals surface area (Å²) in [5.41, 5.74) is 1.52. The van der Waals surface area contributed by atoms with Crippen molar-refractivity contribution in [1.29, 1.82) is 0 Å². The molecule has 22 heavy (non-hydrogen) atoms. The second-order valence-corrected chi connectivity index (χ2v) is 6.38. The molecule has 1 saturated heterocycles. The number of carbonyl (C=O) groups is 1. The number of carbonyl (C=O) groups excluding carboxylic acids is 1. The van der Waals surface area contributed by atoms with Gasteiger partial charge in [0.15, 0.2) is 5.65 Å². The van der Waals surface area contributed by atoms with Crippen molar-refractivity contribution < 1.29 is 4.79 Å². The van der Waals surface area contributed by atoms with Crippen LogP contribution in [0.4, 0.5) is 0 Å². The topological polar surface area (TPSA) is 51.0 Å². The van der Waals surface area contributed by atoms with Crippen molar-refractivity contribution in [3.05, 3.63) is 24.0 Å². The van der Waals surface area contributed by atoms with Crippen molar-refractivity contribution in [2.45, 2.75) is 58.5 Å². The number of piperidine rings is 1. The zero-order valence-corrected chi connectivity index (χ0v) is 13.6. The van der Waals surface area contributed by atoms with Crippen LogP contribution in [0, 0.1) is 0 Å². The summed E-state index contributed by atoms with van der Waals surface area (Å²) in [4.78, 5) is 19.3. The summed E-state index contributed by atoms with van der Waals surface area (Å²) < 4.78 is 1.89. The third kappa shape index (κ3) is 2.60. The van der Waals surface area contributed by atoms with E-state index in [0.29, 0.717) is 11.6 Å². The van der Waals surface area contributed by atoms with E-state index in [2.05, 4.69) is 30.9 Å². The zero-order valence-electron chi connectivity index (χ0n) is 13.6. The Kier molecular flexibility index (Phi) is 4.14. The van der Waals surface area contributed by atoms with E-state index in [1.54, 1.807) is 12.4 Å². The van der Waals surface area contributed by atoms with Crippen molar-refractivity contribution in [3.63, 3.8) is 0 Å². The third-order valence-electron chi connectivity index (χ3n) is 4.53. The molecular formula is C17H24N4O. The fraction of sp³-hybridized carbons (Fsp3) is 0.588. The summed E-state index contributed by atoms with van der Waals surface area (Å²) in [6.07, 6.45) is 7.96. The van der Waals surface area contributed by atoms with Gasteiger partial charge < -0.3 is 4.90 Å². The van der Waals surface area contributed by atoms with Gasteiger partial charge in [0.1, 0.15) is 0 Å². The zero-order chi connectivity index (χ0) is 15.7. The Labute approximate surface area is 131 Å². The second-order valence-electron chi connectivity index (χ2n) is 6.38. The average Bonchev–Trinajstić information content (AvgIpc) is 2.97. The number of hydrogen-bond donors (Lipinski definition) is 0. The molecule has 1 fully saturated rings. The molecule has 1 aliphatic rings. The molecule has 5 nitrogen and oxygen atoms in total. The predicted octanol–water partition coefficient (Wildman–Crippen LogP) is 3.42. The van der Waals surface area contributed by atoms with Gasteiger partial charge in [-0.15, -0.1) is 0 Å². The lowest BCUT2D eigenvalue weighted by molar-refractivity contribution is 0.0608. The Bertz CT molecular complexity index is 676. The number of fused-ring (bicyclic) bond motifs is 1. The molecule has 3 heterocycles. The fourth-order valence-electron chi connectivity index (χ4n) is 3.29. The third-order valence-corrected chi connectivity index (χ3v) is 4.53. The minimum absolute atomic E-state index is 0.109. The van der Waals surface area contributed by atoms with Crippen LogP contribution in [-0.4, -0.2) is 38.2 Å². The standard InChI is InChI=1S/C17H24N4O/c1-4-15-7-5-6-8-20(15)17(22)14-9-13-11-19-21(12(2)3)16(13)18-10-14/h9-12,15H,4-8H2,1-3H3/t15-/m1/s1. The van der Waals surface area contributed by atoms with Gasteiger partial charge in [0.05, 0.1) is 11.8 Å². The van der Waals surface area contributed by atoms with Gasteiger partial charge in [-0.25, -0.2) is 9.67 Å². The molecule has 5 heteroatoms. The van der Waals surface area contributed by atoms with E-state index in [9.17, 15) is 4.79 Å². The van der Waals surface area contributed by atoms with Crippen molar-refractivity contribution in [3.8, 4) is 0 Å². The van der Waals surface area contributed by atoms with Gasteiger partial charge in [-0.1, -0.05) is 6.92 Å². The van der Waals surface area contributed by atoms with Gasteiger partial charge in [0, 0.05) is 30.2 Å². The lowest BCUT2D eigenvalue weighted by Gasteiger charge is -2.35. The molecule has 1 atom stereocenters. The van der Waals surface area contributed by atoms with Gasteiger partial charge in [0.2, 0.25) is 0 Å². The SMILES string of the molecule is CC[C@@H]1CCCCN1C(=O)c1cnc2c(cnn2C(C)C)c1. The van der Waals surface area contributed by atoms with E-state index in [-0.39, 0.29) is 11.9 Å². The Balaban J connectivity index is 1.91. The maximum absolute atomic E-state index is 12.8. The van der Waals surface area contributed by atoms with Crippen molar-refractivity contribution in [2.24, 2.45) is 0 Å². The van der Waals surface area contributed by atoms with Crippen LogP contribution < -0.4 is 0 Å². The number of nitrogens with zero attached hydrogens (tertiary/aromatic N) is 4. The van der Waals surface area contributed by atoms with Gasteiger partial charge in [-0.3, -0.25) is 4.79 Å². The van der Waals surface area contributed by atoms with Gasteiger partial charge in [-0.2, -0.15) is 5.10 Å². The molecule has 0 radical (unpaired) electrons. The van der Waals surface area contributed by atoms with Crippen LogP contribution in [0.5, 0.6) is 0 Å². The Hall–Kier alpha value is -1.91. The predicted molar refractivity (Wildman–Crippen MR) is 86.9 cm³/mol. The number of hydrogen-bond acceptors (Lipinski definition) is 3. The van der Waals surface area contributed by atoms with E-state index in [1.807, 2.05) is 15.6 Å². The summed E-state index contributed by atoms with van der Waals surface area (Å²) in [7, 11) is 0. The van der Waals surface area contributed by atoms with Gasteiger partial charge in [-0.05, 0) is 45.6 Å². The largest absolute Gasteiger partial charge is 0.336 e. The number of rotatable bonds is 3. The van der Waals surface area contributed by atoms with Crippen LogP contribution in [0.1, 0.15) is 62.9 Å². The minimum atomic E-state index is 0.109. The lowest BCUT2D eigenvalue weighted by Crippen LogP contribution is -2.43. The molecule has 0 bridgehead atoms. The molecule has 0 unspecified atom stereocenters. The number of aromatic nitrogens is 3. The highest BCUT2D eigenvalue weighted by atomic mass is 16.2. The monoisotopic (exact) mass is 300 g/mol. The first-order chi connectivity index (χ1) is 10.6. The van der Waals surface area contributed by atoms with E-state index < -0.39 is 0 Å². The maximum Gasteiger partial charge on any atom is 0.255 e. The first-order valence-corrected chi connectivity index (χ1v) is 8.26. The molecule has 2 aromatic rings. The molecular weight excluding hydrogens is 276 g/mol. The fourth-order valence-corrected chi connectivity index (χ4v) is 3.29. The highest BCUT2D eigenvalue weighted by Gasteiger charge is 2.26. The van der Waals surface area contributed by atoms with E-state index in [0.717, 1.165) is 36.8 Å². The molecule has 118 valence electrons. The lowest BCUT2D eigenvalue weighted by atomic mass is 9.99. The van der Waals surface area contributed by atoms with Crippen LogP contribution >= 0.6 is 0 Å². The molecule has 3 rings (SSSR count). The first-order valence-electron chi connectivity index (χ1n) is 8.26. The Morgan fingerprint density at radius 2 is 2.18 bits per heavy atom. The highest BCUT2D eigenvalue weighted by Crippen LogP contribution is 2.23. The summed E-state index contributed by atoms with van der Waals surface area (Å²) >= 11 is 0. The second kappa shape index (κ2) is 6.07. The number of pyridine rings is 1. The molecule has 1 amide bonds. The highest BCUT2D eigenvalue weighted by molar-refractivity contribution is 5.97. The van der Waals surface area contributed by atoms with Crippen molar-refractivity contribution in [1.82, 2.24) is 19.7 Å². The maximum atomic E-state index is 12.8. The van der Waals surface area contributed by atoms with Crippen LogP contribution in [0.3, 0.4) is 0 Å². The van der Waals surface area contributed by atoms with Gasteiger partial charge >= 0.3 is 0 Å². The molecule has 2 aromatic heterocycles. The molecule has 0 aliphatic carbocycles. The minimum Gasteiger partial charge on any atom is -0.336 e. The first kappa shape index (κ1) is 15.0. The molecule has 1 aliphatic heterocycles. The molecule has 0 spiro atoms. The molecule has 0 aromatic carbocycles. The van der Waals surface area contributed by atoms with Crippen LogP contribution in [0.15, 0.2) is 18.5 Å². The Morgan fingerprint density at radius 3 is 2.91 bits per heavy atom. The summed E-state index contributed by atoms with van der Waals surface area (Å²) in [6, 6.07) is 2.56. The smallest absolute Gasteiger partial charge is 0.255 e. The van der Waals surface area contributed by atoms with Crippen LogP contribution in [-0.2, 0) is 0 Å². The Morgan fingerprint density at radius 1 is 1.36 bits per heavy atom. The van der Waals surface area contributed by atoms with Crippen LogP contribution in [0.2, 0.25) is 0 Å². The molecule has 0 N–H and O–H groups in total. The van der Waals surface area contributed by atoms with Crippen molar-refractivity contribution >= 4 is 16.9 Å². The van der Waals surface area contributed by atoms with E-state index >= 15 is 0 Å². The van der Waals surface area contributed by atoms with E-state index in [4.69, 9.17) is 0 Å². The van der Waals surface area contributed by atoms with Crippen LogP contribution in [0.25, 0.3) is 11.0 Å². The molecule has 0 saturated carbocycles. The van der Waals surface area contributed by atoms with Crippen molar-refractivity contribution in [2.75, 3.05) is 6.54 Å². The summed E-state index contributed by atoms with van der Waals surface area (Å²) in [5.74, 6) is 0.109. The van der Waals surface area contributed by atoms with Gasteiger partial charge in [0.25, 0.3) is 5.91 Å².